The summed E-state index contributed by atoms with van der Waals surface area (Å²) in [5.41, 5.74) is 1.45. The van der Waals surface area contributed by atoms with Gasteiger partial charge in [0.1, 0.15) is 0 Å². The molecule has 1 heterocycles. The van der Waals surface area contributed by atoms with Crippen LogP contribution in [0.3, 0.4) is 0 Å². The van der Waals surface area contributed by atoms with Gasteiger partial charge in [0.15, 0.2) is 0 Å². The van der Waals surface area contributed by atoms with Gasteiger partial charge in [0.2, 0.25) is 0 Å². The quantitative estimate of drug-likeness (QED) is 0.643. The molecule has 2 aromatic rings. The Morgan fingerprint density at radius 1 is 1.16 bits per heavy atom. The number of aromatic nitrogens is 2. The lowest BCUT2D eigenvalue weighted by Crippen LogP contribution is -2.12. The topological polar surface area (TPSA) is 17.8 Å². The van der Waals surface area contributed by atoms with Crippen molar-refractivity contribution in [3.63, 3.8) is 0 Å². The van der Waals surface area contributed by atoms with Crippen LogP contribution < -0.4 is 0 Å². The lowest BCUT2D eigenvalue weighted by Gasteiger charge is -2.17. The van der Waals surface area contributed by atoms with E-state index in [1.165, 1.54) is 37.7 Å². The molecule has 102 valence electrons. The smallest absolute Gasteiger partial charge is 0.0945 e. The third-order valence-corrected chi connectivity index (χ3v) is 3.61. The minimum absolute atomic E-state index is 0.711. The Morgan fingerprint density at radius 3 is 2.68 bits per heavy atom. The molecule has 0 N–H and O–H groups in total. The number of benzene rings is 1. The number of nitrogens with zero attached hydrogens (tertiary/aromatic N) is 2. The van der Waals surface area contributed by atoms with Crippen molar-refractivity contribution in [1.82, 2.24) is 9.55 Å². The zero-order valence-electron chi connectivity index (χ0n) is 11.8. The molecule has 1 aromatic carbocycles. The maximum absolute atomic E-state index is 4.14. The highest BCUT2D eigenvalue weighted by Gasteiger charge is 2.10. The summed E-state index contributed by atoms with van der Waals surface area (Å²) in [6, 6.07) is 10.8. The molecular formula is C17H24N2. The van der Waals surface area contributed by atoms with Crippen molar-refractivity contribution in [1.29, 1.82) is 0 Å². The van der Waals surface area contributed by atoms with Crippen LogP contribution in [0.25, 0.3) is 0 Å². The highest BCUT2D eigenvalue weighted by molar-refractivity contribution is 5.15. The van der Waals surface area contributed by atoms with E-state index in [0.29, 0.717) is 5.92 Å². The highest BCUT2D eigenvalue weighted by Crippen LogP contribution is 2.18. The fraction of sp³-hybridized carbons (Fsp3) is 0.471. The first-order chi connectivity index (χ1) is 9.38. The van der Waals surface area contributed by atoms with Crippen LogP contribution in [-0.2, 0) is 13.0 Å². The molecule has 0 radical (unpaired) electrons. The van der Waals surface area contributed by atoms with E-state index in [2.05, 4.69) is 53.0 Å². The zero-order chi connectivity index (χ0) is 13.3. The van der Waals surface area contributed by atoms with E-state index in [9.17, 15) is 0 Å². The predicted octanol–water partition coefficient (Wildman–Crippen LogP) is 4.32. The second-order valence-corrected chi connectivity index (χ2v) is 5.31. The van der Waals surface area contributed by atoms with Crippen LogP contribution in [0.15, 0.2) is 49.1 Å². The Kier molecular flexibility index (Phi) is 5.67. The first-order valence-corrected chi connectivity index (χ1v) is 7.38. The molecule has 0 aliphatic carbocycles. The second kappa shape index (κ2) is 7.78. The number of hydrogen-bond acceptors (Lipinski definition) is 1. The molecule has 0 spiro atoms. The summed E-state index contributed by atoms with van der Waals surface area (Å²) in [6.07, 6.45) is 12.3. The van der Waals surface area contributed by atoms with E-state index in [-0.39, 0.29) is 0 Å². The molecule has 0 saturated carbocycles. The van der Waals surface area contributed by atoms with Gasteiger partial charge < -0.3 is 4.57 Å². The molecule has 19 heavy (non-hydrogen) atoms. The molecule has 1 unspecified atom stereocenters. The van der Waals surface area contributed by atoms with Crippen LogP contribution in [-0.4, -0.2) is 9.55 Å². The van der Waals surface area contributed by atoms with Crippen LogP contribution in [0.5, 0.6) is 0 Å². The van der Waals surface area contributed by atoms with Gasteiger partial charge in [-0.1, -0.05) is 56.5 Å². The van der Waals surface area contributed by atoms with Crippen LogP contribution in [0, 0.1) is 5.92 Å². The number of imidazole rings is 1. The Bertz CT molecular complexity index is 434. The lowest BCUT2D eigenvalue weighted by atomic mass is 9.93. The van der Waals surface area contributed by atoms with Gasteiger partial charge in [-0.25, -0.2) is 4.98 Å². The van der Waals surface area contributed by atoms with E-state index in [1.54, 1.807) is 0 Å². The molecule has 2 heteroatoms. The second-order valence-electron chi connectivity index (χ2n) is 5.31. The summed E-state index contributed by atoms with van der Waals surface area (Å²) < 4.78 is 2.21. The molecule has 0 aliphatic heterocycles. The van der Waals surface area contributed by atoms with Gasteiger partial charge in [-0.15, -0.1) is 0 Å². The summed E-state index contributed by atoms with van der Waals surface area (Å²) in [7, 11) is 0. The van der Waals surface area contributed by atoms with Crippen molar-refractivity contribution in [2.24, 2.45) is 5.92 Å². The Hall–Kier alpha value is -1.57. The molecule has 2 nitrogen and oxygen atoms in total. The normalized spacial score (nSPS) is 12.5. The van der Waals surface area contributed by atoms with Gasteiger partial charge >= 0.3 is 0 Å². The average Bonchev–Trinajstić information content (AvgIpc) is 2.93. The Morgan fingerprint density at radius 2 is 2.00 bits per heavy atom. The minimum atomic E-state index is 0.711. The molecule has 0 fully saturated rings. The van der Waals surface area contributed by atoms with Crippen molar-refractivity contribution in [2.75, 3.05) is 0 Å². The average molecular weight is 256 g/mol. The summed E-state index contributed by atoms with van der Waals surface area (Å²) in [5, 5.41) is 0. The van der Waals surface area contributed by atoms with Crippen LogP contribution >= 0.6 is 0 Å². The largest absolute Gasteiger partial charge is 0.337 e. The highest BCUT2D eigenvalue weighted by atomic mass is 15.0. The number of rotatable bonds is 8. The number of unbranched alkanes of at least 4 members (excludes halogenated alkanes) is 2. The minimum Gasteiger partial charge on any atom is -0.337 e. The van der Waals surface area contributed by atoms with Gasteiger partial charge in [0.05, 0.1) is 6.33 Å². The van der Waals surface area contributed by atoms with Gasteiger partial charge in [0.25, 0.3) is 0 Å². The van der Waals surface area contributed by atoms with E-state index in [1.807, 2.05) is 12.5 Å². The number of hydrogen-bond donors (Lipinski definition) is 0. The van der Waals surface area contributed by atoms with Crippen LogP contribution in [0.4, 0.5) is 0 Å². The summed E-state index contributed by atoms with van der Waals surface area (Å²) in [4.78, 5) is 4.14. The summed E-state index contributed by atoms with van der Waals surface area (Å²) in [6.45, 7) is 3.35. The van der Waals surface area contributed by atoms with Crippen LogP contribution in [0.1, 0.15) is 38.2 Å². The molecular weight excluding hydrogens is 232 g/mol. The SMILES string of the molecule is CCCCCC(Cc1ccccc1)Cn1ccnc1. The predicted molar refractivity (Wildman–Crippen MR) is 80.0 cm³/mol. The zero-order valence-corrected chi connectivity index (χ0v) is 11.8. The van der Waals surface area contributed by atoms with Crippen molar-refractivity contribution in [3.8, 4) is 0 Å². The molecule has 0 saturated heterocycles. The van der Waals surface area contributed by atoms with Gasteiger partial charge in [-0.05, 0) is 24.3 Å². The fourth-order valence-electron chi connectivity index (χ4n) is 2.58. The lowest BCUT2D eigenvalue weighted by molar-refractivity contribution is 0.395. The van der Waals surface area contributed by atoms with Crippen molar-refractivity contribution >= 4 is 0 Å². The maximum Gasteiger partial charge on any atom is 0.0945 e. The summed E-state index contributed by atoms with van der Waals surface area (Å²) >= 11 is 0. The van der Waals surface area contributed by atoms with E-state index >= 15 is 0 Å². The molecule has 0 amide bonds. The van der Waals surface area contributed by atoms with E-state index in [0.717, 1.165) is 6.54 Å². The van der Waals surface area contributed by atoms with Crippen molar-refractivity contribution < 1.29 is 0 Å². The van der Waals surface area contributed by atoms with Crippen LogP contribution in [0.2, 0.25) is 0 Å². The fourth-order valence-corrected chi connectivity index (χ4v) is 2.58. The third kappa shape index (κ3) is 4.90. The standard InChI is InChI=1S/C17H24N2/c1-2-3-5-10-17(14-19-12-11-18-15-19)13-16-8-6-4-7-9-16/h4,6-9,11-12,15,17H,2-3,5,10,13-14H2,1H3. The van der Waals surface area contributed by atoms with E-state index in [4.69, 9.17) is 0 Å². The Labute approximate surface area is 116 Å². The van der Waals surface area contributed by atoms with Crippen molar-refractivity contribution in [2.45, 2.75) is 45.6 Å². The monoisotopic (exact) mass is 256 g/mol. The first kappa shape index (κ1) is 13.9. The Balaban J connectivity index is 1.93. The van der Waals surface area contributed by atoms with Crippen molar-refractivity contribution in [3.05, 3.63) is 54.6 Å². The molecule has 0 aliphatic rings. The molecule has 2 rings (SSSR count). The van der Waals surface area contributed by atoms with Gasteiger partial charge in [-0.2, -0.15) is 0 Å². The first-order valence-electron chi connectivity index (χ1n) is 7.38. The summed E-state index contributed by atoms with van der Waals surface area (Å²) in [5.74, 6) is 0.711. The third-order valence-electron chi connectivity index (χ3n) is 3.61. The molecule has 1 aromatic heterocycles. The maximum atomic E-state index is 4.14. The van der Waals surface area contributed by atoms with E-state index < -0.39 is 0 Å². The molecule has 1 atom stereocenters. The molecule has 0 bridgehead atoms. The van der Waals surface area contributed by atoms with Gasteiger partial charge in [-0.3, -0.25) is 0 Å². The van der Waals surface area contributed by atoms with Gasteiger partial charge in [0, 0.05) is 18.9 Å².